The first-order chi connectivity index (χ1) is 14.8. The number of nitrogens with zero attached hydrogens (tertiary/aromatic N) is 5. The van der Waals surface area contributed by atoms with Crippen LogP contribution in [0.15, 0.2) is 9.98 Å². The predicted molar refractivity (Wildman–Crippen MR) is 124 cm³/mol. The summed E-state index contributed by atoms with van der Waals surface area (Å²) in [6.07, 6.45) is 6.04. The molecule has 0 saturated carbocycles. The van der Waals surface area contributed by atoms with E-state index >= 15 is 0 Å². The lowest BCUT2D eigenvalue weighted by molar-refractivity contribution is 0.0253. The molecule has 11 heteroatoms. The SMILES string of the molecule is CCC1CCCCN1C1(N)N=C(N2C[C@H](N)C[C@H](N)C2)NC(N2C[C@H](N)C[C@H](N)C2)=N1. The van der Waals surface area contributed by atoms with E-state index in [9.17, 15) is 0 Å². The number of hydrogen-bond donors (Lipinski definition) is 6. The predicted octanol–water partition coefficient (Wildman–Crippen LogP) is -2.14. The fourth-order valence-electron chi connectivity index (χ4n) is 5.48. The Kier molecular flexibility index (Phi) is 6.71. The van der Waals surface area contributed by atoms with Crippen molar-refractivity contribution < 1.29 is 0 Å². The normalized spacial score (nSPS) is 37.2. The Labute approximate surface area is 185 Å². The lowest BCUT2D eigenvalue weighted by Crippen LogP contribution is -2.68. The van der Waals surface area contributed by atoms with E-state index in [2.05, 4.69) is 26.9 Å². The molecule has 0 aromatic rings. The average Bonchev–Trinajstić information content (AvgIpc) is 2.72. The van der Waals surface area contributed by atoms with Crippen molar-refractivity contribution in [1.82, 2.24) is 20.0 Å². The zero-order valence-electron chi connectivity index (χ0n) is 18.8. The van der Waals surface area contributed by atoms with Gasteiger partial charge in [0.1, 0.15) is 0 Å². The summed E-state index contributed by atoms with van der Waals surface area (Å²) in [5, 5.41) is 3.43. The van der Waals surface area contributed by atoms with Gasteiger partial charge >= 0.3 is 0 Å². The summed E-state index contributed by atoms with van der Waals surface area (Å²) in [7, 11) is 0. The molecule has 0 aromatic heterocycles. The highest BCUT2D eigenvalue weighted by molar-refractivity contribution is 6.00. The zero-order valence-corrected chi connectivity index (χ0v) is 18.8. The van der Waals surface area contributed by atoms with Crippen molar-refractivity contribution in [3.63, 3.8) is 0 Å². The molecule has 4 rings (SSSR count). The van der Waals surface area contributed by atoms with E-state index in [1.54, 1.807) is 0 Å². The van der Waals surface area contributed by atoms with Gasteiger partial charge in [-0.05, 0) is 32.1 Å². The highest BCUT2D eigenvalue weighted by Crippen LogP contribution is 2.29. The van der Waals surface area contributed by atoms with Crippen molar-refractivity contribution in [2.75, 3.05) is 32.7 Å². The molecule has 176 valence electrons. The van der Waals surface area contributed by atoms with E-state index in [1.807, 2.05) is 0 Å². The lowest BCUT2D eigenvalue weighted by atomic mass is 9.99. The van der Waals surface area contributed by atoms with E-state index in [1.165, 1.54) is 6.42 Å². The van der Waals surface area contributed by atoms with Crippen LogP contribution in [0, 0.1) is 0 Å². The molecule has 4 aliphatic heterocycles. The Balaban J connectivity index is 1.67. The number of likely N-dealkylation sites (tertiary alicyclic amines) is 3. The Morgan fingerprint density at radius 2 is 1.35 bits per heavy atom. The summed E-state index contributed by atoms with van der Waals surface area (Å²) in [5.74, 6) is 0.200. The number of aliphatic imine (C=N–C) groups is 2. The largest absolute Gasteiger partial charge is 0.339 e. The summed E-state index contributed by atoms with van der Waals surface area (Å²) in [5.41, 5.74) is 32.0. The summed E-state index contributed by atoms with van der Waals surface area (Å²) in [6, 6.07) is 0.343. The van der Waals surface area contributed by atoms with Crippen molar-refractivity contribution in [2.24, 2.45) is 38.7 Å². The van der Waals surface area contributed by atoms with Crippen LogP contribution in [-0.2, 0) is 0 Å². The molecule has 0 amide bonds. The quantitative estimate of drug-likeness (QED) is 0.282. The van der Waals surface area contributed by atoms with E-state index in [0.717, 1.165) is 38.6 Å². The van der Waals surface area contributed by atoms with Crippen molar-refractivity contribution in [1.29, 1.82) is 0 Å². The standard InChI is InChI=1S/C20H41N11/c1-2-17-5-3-4-6-31(17)20(25)27-18(29-9-13(21)7-14(22)10-29)26-19(28-20)30-11-15(23)8-16(24)12-30/h13-17H,2-12,21-25H2,1H3,(H,26,27,28)/t13-,14+,15-,16+,17?. The number of guanidine groups is 2. The third-order valence-corrected chi connectivity index (χ3v) is 6.92. The van der Waals surface area contributed by atoms with Gasteiger partial charge in [-0.25, -0.2) is 4.90 Å². The first-order valence-electron chi connectivity index (χ1n) is 11.8. The Hall–Kier alpha value is -1.50. The van der Waals surface area contributed by atoms with Crippen LogP contribution < -0.4 is 34.0 Å². The van der Waals surface area contributed by atoms with Gasteiger partial charge < -0.3 is 32.7 Å². The van der Waals surface area contributed by atoms with E-state index < -0.39 is 5.91 Å². The van der Waals surface area contributed by atoms with Gasteiger partial charge in [0, 0.05) is 62.9 Å². The summed E-state index contributed by atoms with van der Waals surface area (Å²) in [6.45, 7) is 5.80. The average molecular weight is 436 g/mol. The Morgan fingerprint density at radius 1 is 0.871 bits per heavy atom. The van der Waals surface area contributed by atoms with E-state index in [4.69, 9.17) is 38.7 Å². The molecule has 0 radical (unpaired) electrons. The number of hydrogen-bond acceptors (Lipinski definition) is 11. The van der Waals surface area contributed by atoms with Gasteiger partial charge in [0.15, 0.2) is 0 Å². The molecule has 3 saturated heterocycles. The highest BCUT2D eigenvalue weighted by atomic mass is 15.6. The Morgan fingerprint density at radius 3 is 1.81 bits per heavy atom. The van der Waals surface area contributed by atoms with Crippen LogP contribution >= 0.6 is 0 Å². The molecular weight excluding hydrogens is 394 g/mol. The second-order valence-electron chi connectivity index (χ2n) is 9.76. The van der Waals surface area contributed by atoms with Crippen LogP contribution in [0.2, 0.25) is 0 Å². The highest BCUT2D eigenvalue weighted by Gasteiger charge is 2.43. The zero-order chi connectivity index (χ0) is 22.2. The van der Waals surface area contributed by atoms with Crippen LogP contribution in [0.25, 0.3) is 0 Å². The number of rotatable bonds is 2. The first-order valence-corrected chi connectivity index (χ1v) is 11.8. The van der Waals surface area contributed by atoms with Gasteiger partial charge in [-0.2, -0.15) is 9.98 Å². The van der Waals surface area contributed by atoms with Gasteiger partial charge in [-0.1, -0.05) is 13.3 Å². The smallest absolute Gasteiger partial charge is 0.271 e. The maximum Gasteiger partial charge on any atom is 0.271 e. The number of nitrogens with two attached hydrogens (primary N) is 5. The minimum absolute atomic E-state index is 0.00190. The van der Waals surface area contributed by atoms with E-state index in [-0.39, 0.29) is 24.2 Å². The van der Waals surface area contributed by atoms with Crippen LogP contribution in [0.5, 0.6) is 0 Å². The maximum absolute atomic E-state index is 6.97. The molecule has 5 atom stereocenters. The maximum atomic E-state index is 6.97. The van der Waals surface area contributed by atoms with Crippen LogP contribution in [0.3, 0.4) is 0 Å². The number of nitrogens with one attached hydrogen (secondary N) is 1. The fourth-order valence-corrected chi connectivity index (χ4v) is 5.48. The second kappa shape index (κ2) is 9.16. The fraction of sp³-hybridized carbons (Fsp3) is 0.900. The van der Waals surface area contributed by atoms with Crippen LogP contribution in [0.4, 0.5) is 0 Å². The minimum atomic E-state index is -1.17. The van der Waals surface area contributed by atoms with Crippen molar-refractivity contribution in [2.45, 2.75) is 81.6 Å². The molecule has 1 unspecified atom stereocenters. The van der Waals surface area contributed by atoms with Crippen LogP contribution in [0.1, 0.15) is 45.4 Å². The van der Waals surface area contributed by atoms with Crippen LogP contribution in [-0.4, -0.2) is 95.5 Å². The molecule has 0 spiro atoms. The molecule has 0 aliphatic carbocycles. The monoisotopic (exact) mass is 435 g/mol. The van der Waals surface area contributed by atoms with Crippen molar-refractivity contribution in [3.05, 3.63) is 0 Å². The molecule has 11 nitrogen and oxygen atoms in total. The van der Waals surface area contributed by atoms with Gasteiger partial charge in [0.2, 0.25) is 11.9 Å². The third kappa shape index (κ3) is 4.96. The molecular formula is C20H41N11. The van der Waals surface area contributed by atoms with E-state index in [0.29, 0.717) is 44.1 Å². The second-order valence-corrected chi connectivity index (χ2v) is 9.76. The molecule has 11 N–H and O–H groups in total. The van der Waals surface area contributed by atoms with Crippen molar-refractivity contribution in [3.8, 4) is 0 Å². The van der Waals surface area contributed by atoms with Gasteiger partial charge in [-0.3, -0.25) is 11.1 Å². The molecule has 3 fully saturated rings. The molecule has 4 aliphatic rings. The molecule has 4 heterocycles. The minimum Gasteiger partial charge on any atom is -0.339 e. The summed E-state index contributed by atoms with van der Waals surface area (Å²) in [4.78, 5) is 16.4. The summed E-state index contributed by atoms with van der Waals surface area (Å²) < 4.78 is 0. The first kappa shape index (κ1) is 22.7. The van der Waals surface area contributed by atoms with Gasteiger partial charge in [0.25, 0.3) is 5.91 Å². The number of piperidine rings is 3. The molecule has 31 heavy (non-hydrogen) atoms. The van der Waals surface area contributed by atoms with Gasteiger partial charge in [0.05, 0.1) is 0 Å². The molecule has 0 bridgehead atoms. The Bertz CT molecular complexity index is 633. The van der Waals surface area contributed by atoms with Crippen molar-refractivity contribution >= 4 is 11.9 Å². The summed E-state index contributed by atoms with van der Waals surface area (Å²) >= 11 is 0. The van der Waals surface area contributed by atoms with Gasteiger partial charge in [-0.15, -0.1) is 0 Å². The third-order valence-electron chi connectivity index (χ3n) is 6.92. The molecule has 0 aromatic carbocycles. The lowest BCUT2D eigenvalue weighted by Gasteiger charge is -2.47. The topological polar surface area (TPSA) is 177 Å².